The van der Waals surface area contributed by atoms with E-state index < -0.39 is 0 Å². The third kappa shape index (κ3) is 9.33. The molecule has 6 heterocycles. The number of aromatic nitrogens is 4. The highest BCUT2D eigenvalue weighted by atomic mass is 127. The summed E-state index contributed by atoms with van der Waals surface area (Å²) in [7, 11) is 0. The number of furan rings is 2. The number of benzene rings is 12. The number of H-pyrrole nitrogens is 1. The van der Waals surface area contributed by atoms with Crippen LogP contribution >= 0.6 is 38.5 Å². The van der Waals surface area contributed by atoms with E-state index >= 15 is 0 Å². The van der Waals surface area contributed by atoms with E-state index in [-0.39, 0.29) is 7.43 Å². The van der Waals surface area contributed by atoms with Gasteiger partial charge in [0.05, 0.1) is 32.8 Å². The van der Waals surface area contributed by atoms with Gasteiger partial charge >= 0.3 is 0 Å². The van der Waals surface area contributed by atoms with Crippen molar-refractivity contribution in [2.24, 2.45) is 0 Å². The lowest BCUT2D eigenvalue weighted by Crippen LogP contribution is -1.95. The molecule has 0 aliphatic heterocycles. The molecule has 6 nitrogen and oxygen atoms in total. The van der Waals surface area contributed by atoms with Crippen LogP contribution in [0, 0.1) is 0 Å². The van der Waals surface area contributed by atoms with Crippen molar-refractivity contribution < 1.29 is 8.83 Å². The smallest absolute Gasteiger partial charge is 0.213 e. The summed E-state index contributed by atoms with van der Waals surface area (Å²) in [6.45, 7) is 0. The maximum Gasteiger partial charge on any atom is 0.213 e. The lowest BCUT2D eigenvalue weighted by atomic mass is 10.0. The Morgan fingerprint density at radius 3 is 1.03 bits per heavy atom. The van der Waals surface area contributed by atoms with Crippen molar-refractivity contribution in [3.8, 4) is 39.3 Å². The molecule has 0 spiro atoms. The lowest BCUT2D eigenvalue weighted by molar-refractivity contribution is 0.645. The fourth-order valence-corrected chi connectivity index (χ4v) is 12.9. The lowest BCUT2D eigenvalue weighted by Gasteiger charge is -2.12. The van der Waals surface area contributed by atoms with E-state index in [9.17, 15) is 0 Å². The average Bonchev–Trinajstić information content (AvgIpc) is 1.66. The van der Waals surface area contributed by atoms with E-state index in [1.54, 1.807) is 0 Å². The summed E-state index contributed by atoms with van der Waals surface area (Å²) in [6.07, 6.45) is 0. The van der Waals surface area contributed by atoms with E-state index in [0.29, 0.717) is 0 Å². The van der Waals surface area contributed by atoms with Crippen LogP contribution in [0.1, 0.15) is 7.43 Å². The monoisotopic (exact) mass is 1290 g/mol. The third-order valence-electron chi connectivity index (χ3n) is 16.2. The van der Waals surface area contributed by atoms with Gasteiger partial charge in [0.1, 0.15) is 11.2 Å². The van der Waals surface area contributed by atoms with Gasteiger partial charge in [0.2, 0.25) is 11.4 Å². The van der Waals surface area contributed by atoms with Crippen molar-refractivity contribution in [3.63, 3.8) is 0 Å². The standard InChI is InChI=1S/C38H24N2O.C26H16BrNO.C12H9N.CH3I.CH4/c1-5-19-33-29(15-1)30-16-2-6-20-34(30)39(33)27-13-9-11-25(23-27)26-12-10-14-28(24-26)40-35-21-7-3-17-31(35)37-32-18-4-8-22-36(32)41-38(37)40;27-19-9-5-7-17(15-19)18-8-6-10-20(16-18)28-23-13-3-1-11-21(23)25-22-12-2-4-14-24(22)29-26(25)28;1-3-7-11-9(5-1)10-6-2-4-8-12(10)13-11;1-2;/h1-24H;1-16H;1-8,13H;1H3;1H4. The second-order valence-electron chi connectivity index (χ2n) is 21.0. The molecule has 0 unspecified atom stereocenters. The molecule has 0 saturated carbocycles. The van der Waals surface area contributed by atoms with Gasteiger partial charge in [-0.25, -0.2) is 0 Å². The van der Waals surface area contributed by atoms with Crippen molar-refractivity contribution in [2.75, 3.05) is 4.93 Å². The van der Waals surface area contributed by atoms with Crippen LogP contribution in [0.25, 0.3) is 149 Å². The van der Waals surface area contributed by atoms with E-state index in [0.717, 1.165) is 76.9 Å². The Balaban J connectivity index is 0.000000126. The Kier molecular flexibility index (Phi) is 14.4. The Labute approximate surface area is 519 Å². The minimum Gasteiger partial charge on any atom is -0.439 e. The van der Waals surface area contributed by atoms with E-state index in [4.69, 9.17) is 8.83 Å². The van der Waals surface area contributed by atoms with Gasteiger partial charge in [-0.1, -0.05) is 240 Å². The zero-order valence-electron chi connectivity index (χ0n) is 46.1. The molecule has 6 aromatic heterocycles. The van der Waals surface area contributed by atoms with Gasteiger partial charge in [0.15, 0.2) is 0 Å². The molecule has 1 N–H and O–H groups in total. The molecule has 86 heavy (non-hydrogen) atoms. The maximum absolute atomic E-state index is 6.48. The fraction of sp³-hybridized carbons (Fsp3) is 0.0256. The van der Waals surface area contributed by atoms with Crippen LogP contribution in [0.5, 0.6) is 0 Å². The molecule has 0 fully saturated rings. The van der Waals surface area contributed by atoms with E-state index in [1.165, 1.54) is 76.5 Å². The number of rotatable bonds is 5. The summed E-state index contributed by atoms with van der Waals surface area (Å²) in [5.74, 6) is 0. The molecule has 0 saturated heterocycles. The first-order valence-corrected chi connectivity index (χ1v) is 31.3. The summed E-state index contributed by atoms with van der Waals surface area (Å²) >= 11 is 5.73. The van der Waals surface area contributed by atoms with Crippen molar-refractivity contribution >= 4 is 148 Å². The van der Waals surface area contributed by atoms with Gasteiger partial charge < -0.3 is 18.4 Å². The van der Waals surface area contributed by atoms with Crippen molar-refractivity contribution in [1.82, 2.24) is 18.7 Å². The second kappa shape index (κ2) is 22.9. The van der Waals surface area contributed by atoms with Crippen LogP contribution in [0.2, 0.25) is 0 Å². The number of hydrogen-bond donors (Lipinski definition) is 1. The Bertz CT molecular complexity index is 5420. The first-order valence-electron chi connectivity index (χ1n) is 28.3. The summed E-state index contributed by atoms with van der Waals surface area (Å²) in [5, 5.41) is 12.2. The largest absolute Gasteiger partial charge is 0.439 e. The zero-order chi connectivity index (χ0) is 57.0. The number of alkyl halides is 1. The summed E-state index contributed by atoms with van der Waals surface area (Å²) in [5.41, 5.74) is 18.7. The van der Waals surface area contributed by atoms with E-state index in [2.05, 4.69) is 318 Å². The van der Waals surface area contributed by atoms with Gasteiger partial charge in [-0.15, -0.1) is 0 Å². The van der Waals surface area contributed by atoms with Gasteiger partial charge in [-0.05, 0) is 124 Å². The number of halogens is 2. The van der Waals surface area contributed by atoms with Crippen LogP contribution in [-0.4, -0.2) is 23.6 Å². The number of nitrogens with one attached hydrogen (secondary N) is 1. The molecular weight excluding hydrogens is 1230 g/mol. The third-order valence-corrected chi connectivity index (χ3v) is 16.7. The number of fused-ring (bicyclic) bond motifs is 16. The minimum absolute atomic E-state index is 0. The number of hydrogen-bond acceptors (Lipinski definition) is 2. The van der Waals surface area contributed by atoms with E-state index in [1.807, 2.05) is 35.3 Å². The highest BCUT2D eigenvalue weighted by Gasteiger charge is 2.21. The normalized spacial score (nSPS) is 11.3. The molecule has 0 aliphatic rings. The van der Waals surface area contributed by atoms with Crippen LogP contribution in [0.4, 0.5) is 0 Å². The quantitative estimate of drug-likeness (QED) is 0.138. The zero-order valence-corrected chi connectivity index (χ0v) is 49.9. The van der Waals surface area contributed by atoms with Crippen LogP contribution in [0.15, 0.2) is 304 Å². The maximum atomic E-state index is 6.48. The van der Waals surface area contributed by atoms with Crippen molar-refractivity contribution in [1.29, 1.82) is 0 Å². The number of nitrogens with zero attached hydrogens (tertiary/aromatic N) is 3. The van der Waals surface area contributed by atoms with Crippen molar-refractivity contribution in [3.05, 3.63) is 296 Å². The molecule has 414 valence electrons. The Morgan fingerprint density at radius 1 is 0.302 bits per heavy atom. The molecule has 0 aliphatic carbocycles. The van der Waals surface area contributed by atoms with Gasteiger partial charge in [0.25, 0.3) is 0 Å². The SMILES string of the molecule is Brc1cccc(-c2cccc(-n3c4ccccc4c4c5ccccc5oc43)c2)c1.C.CI.c1cc(-c2cccc(-n3c4ccccc4c4c5ccccc5oc43)c2)cc(-n2c3ccccc3c3ccccc32)c1.c1ccc2c(c1)[nH]c1ccccc12. The van der Waals surface area contributed by atoms with Gasteiger partial charge in [0, 0.05) is 75.7 Å². The average molecular weight is 1290 g/mol. The molecule has 18 rings (SSSR count). The molecule has 12 aromatic carbocycles. The second-order valence-corrected chi connectivity index (χ2v) is 21.9. The molecular formula is C78H56BrIN4O2. The first kappa shape index (κ1) is 54.1. The molecule has 8 heteroatoms. The van der Waals surface area contributed by atoms with Crippen LogP contribution < -0.4 is 0 Å². The predicted molar refractivity (Wildman–Crippen MR) is 376 cm³/mol. The Morgan fingerprint density at radius 2 is 0.616 bits per heavy atom. The summed E-state index contributed by atoms with van der Waals surface area (Å²) in [6, 6.07) is 102. The van der Waals surface area contributed by atoms with Crippen molar-refractivity contribution in [2.45, 2.75) is 7.43 Å². The summed E-state index contributed by atoms with van der Waals surface area (Å²) < 4.78 is 20.8. The number of para-hydroxylation sites is 8. The Hall–Kier alpha value is -9.87. The molecule has 0 radical (unpaired) electrons. The number of aromatic amines is 1. The molecule has 0 atom stereocenters. The molecule has 0 bridgehead atoms. The highest BCUT2D eigenvalue weighted by molar-refractivity contribution is 14.1. The van der Waals surface area contributed by atoms with Gasteiger partial charge in [-0.3, -0.25) is 9.13 Å². The topological polar surface area (TPSA) is 56.9 Å². The molecule has 0 amide bonds. The first-order chi connectivity index (χ1) is 42.1. The highest BCUT2D eigenvalue weighted by Crippen LogP contribution is 2.42. The predicted octanol–water partition coefficient (Wildman–Crippen LogP) is 23.3. The van der Waals surface area contributed by atoms with Crippen LogP contribution in [-0.2, 0) is 0 Å². The summed E-state index contributed by atoms with van der Waals surface area (Å²) in [4.78, 5) is 5.35. The minimum atomic E-state index is 0. The fourth-order valence-electron chi connectivity index (χ4n) is 12.5. The van der Waals surface area contributed by atoms with Gasteiger partial charge in [-0.2, -0.15) is 0 Å². The van der Waals surface area contributed by atoms with Crippen LogP contribution in [0.3, 0.4) is 0 Å². The molecule has 18 aromatic rings.